The molecular weight excluding hydrogens is 973 g/mol. The van der Waals surface area contributed by atoms with Crippen molar-refractivity contribution in [1.82, 2.24) is 0 Å². The van der Waals surface area contributed by atoms with Crippen LogP contribution in [0.5, 0.6) is 0 Å². The zero-order chi connectivity index (χ0) is 57.1. The molecule has 0 aliphatic heterocycles. The normalized spacial score (nSPS) is 12.9. The van der Waals surface area contributed by atoms with Gasteiger partial charge in [-0.25, -0.2) is 0 Å². The molecule has 0 aliphatic rings. The van der Waals surface area contributed by atoms with Crippen molar-refractivity contribution in [1.29, 1.82) is 0 Å². The topological polar surface area (TPSA) is 78.9 Å². The van der Waals surface area contributed by atoms with Gasteiger partial charge in [0.1, 0.15) is 13.2 Å². The molecule has 6 heteroatoms. The van der Waals surface area contributed by atoms with Crippen molar-refractivity contribution in [3.05, 3.63) is 122 Å². The van der Waals surface area contributed by atoms with Crippen molar-refractivity contribution >= 4 is 17.9 Å². The molecule has 0 amide bonds. The van der Waals surface area contributed by atoms with Gasteiger partial charge < -0.3 is 14.2 Å². The zero-order valence-electron chi connectivity index (χ0n) is 51.6. The van der Waals surface area contributed by atoms with Crippen LogP contribution in [0.3, 0.4) is 0 Å². The summed E-state index contributed by atoms with van der Waals surface area (Å²) in [4.78, 5) is 38.4. The molecular formula is C73H122O6. The third-order valence-electron chi connectivity index (χ3n) is 13.9. The lowest BCUT2D eigenvalue weighted by atomic mass is 10.1. The molecule has 0 bridgehead atoms. The largest absolute Gasteiger partial charge is 0.462 e. The molecule has 450 valence electrons. The summed E-state index contributed by atoms with van der Waals surface area (Å²) in [6.07, 6.45) is 92.0. The molecule has 0 aromatic heterocycles. The lowest BCUT2D eigenvalue weighted by Crippen LogP contribution is -2.30. The van der Waals surface area contributed by atoms with Crippen LogP contribution in [0.1, 0.15) is 303 Å². The van der Waals surface area contributed by atoms with Crippen LogP contribution in [0.15, 0.2) is 122 Å². The van der Waals surface area contributed by atoms with Crippen molar-refractivity contribution in [2.24, 2.45) is 0 Å². The molecule has 0 saturated heterocycles. The number of unbranched alkanes of at least 4 members (excludes halogenated alkanes) is 28. The van der Waals surface area contributed by atoms with E-state index in [1.165, 1.54) is 161 Å². The second-order valence-electron chi connectivity index (χ2n) is 21.6. The van der Waals surface area contributed by atoms with Crippen LogP contribution in [0.2, 0.25) is 0 Å². The Balaban J connectivity index is 4.49. The highest BCUT2D eigenvalue weighted by Crippen LogP contribution is 2.16. The minimum atomic E-state index is -0.810. The molecule has 0 radical (unpaired) electrons. The first-order valence-corrected chi connectivity index (χ1v) is 33.0. The molecule has 0 heterocycles. The van der Waals surface area contributed by atoms with Gasteiger partial charge in [0, 0.05) is 19.3 Å². The van der Waals surface area contributed by atoms with Gasteiger partial charge in [-0.1, -0.05) is 277 Å². The van der Waals surface area contributed by atoms with E-state index >= 15 is 0 Å². The number of carbonyl (C=O) groups excluding carboxylic acids is 3. The van der Waals surface area contributed by atoms with Gasteiger partial charge in [-0.2, -0.15) is 0 Å². The van der Waals surface area contributed by atoms with E-state index in [1.807, 2.05) is 0 Å². The summed E-state index contributed by atoms with van der Waals surface area (Å²) in [6, 6.07) is 0. The highest BCUT2D eigenvalue weighted by Gasteiger charge is 2.19. The van der Waals surface area contributed by atoms with Crippen LogP contribution in [-0.4, -0.2) is 37.2 Å². The lowest BCUT2D eigenvalue weighted by Gasteiger charge is -2.18. The Bertz CT molecular complexity index is 1640. The summed E-state index contributed by atoms with van der Waals surface area (Å²) in [6.45, 7) is 6.47. The fraction of sp³-hybridized carbons (Fsp3) is 0.685. The van der Waals surface area contributed by atoms with Crippen molar-refractivity contribution in [2.75, 3.05) is 13.2 Å². The SMILES string of the molecule is CC/C=C\C/C=C\C/C=C\C/C=C\C/C=C\C/C=C\C/C=C\CCCC(=O)OCC(COC(=O)CCCCCCCCCCC/C=C\CCCCCCCC)OC(=O)CCCCCCCCCCC/C=C\C/C=C\CCCCC. The van der Waals surface area contributed by atoms with Crippen LogP contribution in [-0.2, 0) is 28.6 Å². The van der Waals surface area contributed by atoms with Gasteiger partial charge in [0.2, 0.25) is 0 Å². The van der Waals surface area contributed by atoms with E-state index in [0.29, 0.717) is 19.3 Å². The van der Waals surface area contributed by atoms with E-state index in [4.69, 9.17) is 14.2 Å². The Hall–Kier alpha value is -4.19. The molecule has 0 aliphatic carbocycles. The van der Waals surface area contributed by atoms with Crippen LogP contribution in [0.4, 0.5) is 0 Å². The van der Waals surface area contributed by atoms with Crippen molar-refractivity contribution in [3.8, 4) is 0 Å². The first-order chi connectivity index (χ1) is 39.0. The number of hydrogen-bond donors (Lipinski definition) is 0. The monoisotopic (exact) mass is 1090 g/mol. The minimum Gasteiger partial charge on any atom is -0.462 e. The van der Waals surface area contributed by atoms with Gasteiger partial charge in [0.25, 0.3) is 0 Å². The summed E-state index contributed by atoms with van der Waals surface area (Å²) in [7, 11) is 0. The number of carbonyl (C=O) groups is 3. The lowest BCUT2D eigenvalue weighted by molar-refractivity contribution is -0.167. The highest BCUT2D eigenvalue weighted by atomic mass is 16.6. The average Bonchev–Trinajstić information content (AvgIpc) is 3.45. The maximum absolute atomic E-state index is 12.9. The Kier molecular flexibility index (Phi) is 62.8. The standard InChI is InChI=1S/C73H122O6/c1-4-7-10-13-16-19-22-25-28-31-34-35-36-37-40-42-45-48-51-54-57-60-63-66-72(75)78-69-70(79-73(76)67-64-61-58-55-52-49-46-43-39-33-30-27-24-21-18-15-12-9-6-3)68-77-71(74)65-62-59-56-53-50-47-44-41-38-32-29-26-23-20-17-14-11-8-5-2/h7,10,16,18-19,21,25-30,34-35,37,40,45,48,54,57,70H,4-6,8-9,11-15,17,20,22-24,31-33,36,38-39,41-44,46-47,49-53,55-56,58-69H2,1-3H3/b10-7-,19-16-,21-18-,28-25-,29-26-,30-27-,35-34-,40-37-,48-45-,57-54-. The fourth-order valence-electron chi connectivity index (χ4n) is 8.99. The maximum Gasteiger partial charge on any atom is 0.306 e. The molecule has 0 aromatic rings. The van der Waals surface area contributed by atoms with E-state index in [0.717, 1.165) is 96.3 Å². The summed E-state index contributed by atoms with van der Waals surface area (Å²) in [5.41, 5.74) is 0. The number of ether oxygens (including phenoxy) is 3. The highest BCUT2D eigenvalue weighted by molar-refractivity contribution is 5.71. The van der Waals surface area contributed by atoms with E-state index in [-0.39, 0.29) is 37.5 Å². The number of rotatable bonds is 59. The van der Waals surface area contributed by atoms with E-state index in [9.17, 15) is 14.4 Å². The number of esters is 3. The summed E-state index contributed by atoms with van der Waals surface area (Å²) < 4.78 is 16.9. The Morgan fingerprint density at radius 3 is 0.861 bits per heavy atom. The van der Waals surface area contributed by atoms with E-state index in [2.05, 4.69) is 142 Å². The zero-order valence-corrected chi connectivity index (χ0v) is 51.6. The molecule has 0 spiro atoms. The Morgan fingerprint density at radius 1 is 0.266 bits per heavy atom. The Labute approximate surface area is 488 Å². The molecule has 0 aromatic carbocycles. The van der Waals surface area contributed by atoms with Crippen LogP contribution >= 0.6 is 0 Å². The predicted molar refractivity (Wildman–Crippen MR) is 343 cm³/mol. The van der Waals surface area contributed by atoms with Gasteiger partial charge in [-0.3, -0.25) is 14.4 Å². The first kappa shape index (κ1) is 74.8. The van der Waals surface area contributed by atoms with E-state index < -0.39 is 6.10 Å². The van der Waals surface area contributed by atoms with Gasteiger partial charge >= 0.3 is 17.9 Å². The van der Waals surface area contributed by atoms with Gasteiger partial charge in [-0.05, 0) is 128 Å². The van der Waals surface area contributed by atoms with Crippen molar-refractivity contribution in [3.63, 3.8) is 0 Å². The van der Waals surface area contributed by atoms with Gasteiger partial charge in [0.15, 0.2) is 6.10 Å². The van der Waals surface area contributed by atoms with Crippen LogP contribution in [0.25, 0.3) is 0 Å². The number of allylic oxidation sites excluding steroid dienone is 20. The third-order valence-corrected chi connectivity index (χ3v) is 13.9. The summed E-state index contributed by atoms with van der Waals surface area (Å²) >= 11 is 0. The third kappa shape index (κ3) is 64.5. The van der Waals surface area contributed by atoms with E-state index in [1.54, 1.807) is 0 Å². The van der Waals surface area contributed by atoms with Gasteiger partial charge in [0.05, 0.1) is 0 Å². The molecule has 1 unspecified atom stereocenters. The van der Waals surface area contributed by atoms with Gasteiger partial charge in [-0.15, -0.1) is 0 Å². The molecule has 0 fully saturated rings. The van der Waals surface area contributed by atoms with Crippen molar-refractivity contribution in [2.45, 2.75) is 309 Å². The predicted octanol–water partition coefficient (Wildman–Crippen LogP) is 22.8. The second kappa shape index (κ2) is 66.3. The molecule has 0 rings (SSSR count). The summed E-state index contributed by atoms with van der Waals surface area (Å²) in [5.74, 6) is -0.961. The smallest absolute Gasteiger partial charge is 0.306 e. The van der Waals surface area contributed by atoms with Crippen LogP contribution < -0.4 is 0 Å². The summed E-state index contributed by atoms with van der Waals surface area (Å²) in [5, 5.41) is 0. The second-order valence-corrected chi connectivity index (χ2v) is 21.6. The van der Waals surface area contributed by atoms with Crippen molar-refractivity contribution < 1.29 is 28.6 Å². The average molecular weight is 1100 g/mol. The quantitative estimate of drug-likeness (QED) is 0.0261. The molecule has 0 saturated carbocycles. The minimum absolute atomic E-state index is 0.100. The number of hydrogen-bond acceptors (Lipinski definition) is 6. The van der Waals surface area contributed by atoms with Crippen LogP contribution in [0, 0.1) is 0 Å². The molecule has 6 nitrogen and oxygen atoms in total. The molecule has 79 heavy (non-hydrogen) atoms. The molecule has 0 N–H and O–H groups in total. The molecule has 1 atom stereocenters. The first-order valence-electron chi connectivity index (χ1n) is 33.0. The fourth-order valence-corrected chi connectivity index (χ4v) is 8.99. The Morgan fingerprint density at radius 2 is 0.506 bits per heavy atom. The maximum atomic E-state index is 12.9.